The Hall–Kier alpha value is -2.48. The van der Waals surface area contributed by atoms with E-state index in [9.17, 15) is 9.18 Å². The molecule has 1 aromatic carbocycles. The summed E-state index contributed by atoms with van der Waals surface area (Å²) in [4.78, 5) is 18.2. The summed E-state index contributed by atoms with van der Waals surface area (Å²) in [6.45, 7) is 2.06. The fraction of sp³-hybridized carbons (Fsp3) is 0.235. The van der Waals surface area contributed by atoms with E-state index in [0.29, 0.717) is 34.0 Å². The highest BCUT2D eigenvalue weighted by molar-refractivity contribution is 9.10. The number of aromatic nitrogens is 2. The molecule has 1 fully saturated rings. The van der Waals surface area contributed by atoms with Gasteiger partial charge in [-0.2, -0.15) is 4.98 Å². The van der Waals surface area contributed by atoms with Crippen molar-refractivity contribution in [1.29, 1.82) is 0 Å². The number of hydrogen-bond donors (Lipinski definition) is 0. The number of amides is 1. The summed E-state index contributed by atoms with van der Waals surface area (Å²) in [6.07, 6.45) is 0.246. The lowest BCUT2D eigenvalue weighted by molar-refractivity contribution is -0.117. The maximum absolute atomic E-state index is 13.8. The highest BCUT2D eigenvalue weighted by atomic mass is 79.9. The maximum Gasteiger partial charge on any atom is 0.293 e. The van der Waals surface area contributed by atoms with Gasteiger partial charge in [0.25, 0.3) is 5.89 Å². The van der Waals surface area contributed by atoms with E-state index in [1.165, 1.54) is 6.07 Å². The van der Waals surface area contributed by atoms with Gasteiger partial charge in [-0.1, -0.05) is 11.2 Å². The van der Waals surface area contributed by atoms with Crippen LogP contribution in [0.2, 0.25) is 0 Å². The lowest BCUT2D eigenvalue weighted by atomic mass is 10.1. The molecular weight excluding hydrogens is 393 g/mol. The fourth-order valence-electron chi connectivity index (χ4n) is 2.81. The molecule has 0 bridgehead atoms. The number of carbonyl (C=O) groups is 1. The van der Waals surface area contributed by atoms with Crippen LogP contribution in [0, 0.1) is 12.7 Å². The van der Waals surface area contributed by atoms with Crippen LogP contribution < -0.4 is 4.90 Å². The van der Waals surface area contributed by atoms with Gasteiger partial charge in [0.05, 0.1) is 0 Å². The quantitative estimate of drug-likeness (QED) is 0.656. The molecule has 3 aromatic rings. The number of nitrogens with zero attached hydrogens (tertiary/aromatic N) is 3. The van der Waals surface area contributed by atoms with Crippen LogP contribution in [-0.4, -0.2) is 22.6 Å². The summed E-state index contributed by atoms with van der Waals surface area (Å²) in [5.41, 5.74) is 1.08. The van der Waals surface area contributed by atoms with Gasteiger partial charge in [-0.3, -0.25) is 4.79 Å². The normalized spacial score (nSPS) is 17.5. The van der Waals surface area contributed by atoms with Crippen molar-refractivity contribution in [2.24, 2.45) is 0 Å². The van der Waals surface area contributed by atoms with E-state index in [1.807, 2.05) is 0 Å². The molecule has 1 unspecified atom stereocenters. The molecule has 1 saturated heterocycles. The van der Waals surface area contributed by atoms with Crippen molar-refractivity contribution in [3.05, 3.63) is 52.2 Å². The Morgan fingerprint density at radius 1 is 1.32 bits per heavy atom. The molecule has 1 amide bonds. The number of halogens is 2. The van der Waals surface area contributed by atoms with Crippen LogP contribution in [0.15, 0.2) is 43.9 Å². The molecule has 1 atom stereocenters. The monoisotopic (exact) mass is 405 g/mol. The summed E-state index contributed by atoms with van der Waals surface area (Å²) in [5.74, 6) is 0.499. The van der Waals surface area contributed by atoms with E-state index in [-0.39, 0.29) is 30.0 Å². The average Bonchev–Trinajstić information content (AvgIpc) is 3.29. The second-order valence-electron chi connectivity index (χ2n) is 5.90. The molecule has 8 heteroatoms. The Morgan fingerprint density at radius 2 is 2.16 bits per heavy atom. The SMILES string of the molecule is Cc1ccc(N2CC(c3noc(-c4ccc(Br)o4)n3)CC2=O)cc1F. The molecule has 4 rings (SSSR count). The predicted molar refractivity (Wildman–Crippen MR) is 90.5 cm³/mol. The van der Waals surface area contributed by atoms with E-state index in [0.717, 1.165) is 0 Å². The smallest absolute Gasteiger partial charge is 0.293 e. The predicted octanol–water partition coefficient (Wildman–Crippen LogP) is 4.06. The van der Waals surface area contributed by atoms with Gasteiger partial charge in [-0.25, -0.2) is 4.39 Å². The Balaban J connectivity index is 1.56. The van der Waals surface area contributed by atoms with Crippen LogP contribution in [0.25, 0.3) is 11.7 Å². The molecule has 1 aliphatic heterocycles. The minimum atomic E-state index is -0.334. The van der Waals surface area contributed by atoms with Crippen LogP contribution in [0.4, 0.5) is 10.1 Å². The lowest BCUT2D eigenvalue weighted by Crippen LogP contribution is -2.24. The van der Waals surface area contributed by atoms with Gasteiger partial charge in [-0.05, 0) is 52.7 Å². The summed E-state index contributed by atoms with van der Waals surface area (Å²) in [7, 11) is 0. The molecule has 0 saturated carbocycles. The molecule has 0 aliphatic carbocycles. The Kier molecular flexibility index (Phi) is 3.91. The Morgan fingerprint density at radius 3 is 2.88 bits per heavy atom. The molecule has 0 radical (unpaired) electrons. The topological polar surface area (TPSA) is 72.4 Å². The van der Waals surface area contributed by atoms with E-state index in [2.05, 4.69) is 26.1 Å². The van der Waals surface area contributed by atoms with Gasteiger partial charge in [0, 0.05) is 24.6 Å². The average molecular weight is 406 g/mol. The minimum absolute atomic E-state index is 0.0969. The second-order valence-corrected chi connectivity index (χ2v) is 6.68. The summed E-state index contributed by atoms with van der Waals surface area (Å²) >= 11 is 3.22. The third-order valence-electron chi connectivity index (χ3n) is 4.18. The zero-order valence-corrected chi connectivity index (χ0v) is 14.8. The highest BCUT2D eigenvalue weighted by Gasteiger charge is 2.35. The third kappa shape index (κ3) is 2.97. The van der Waals surface area contributed by atoms with Crippen molar-refractivity contribution in [2.45, 2.75) is 19.3 Å². The van der Waals surface area contributed by atoms with E-state index >= 15 is 0 Å². The standard InChI is InChI=1S/C17H13BrFN3O3/c1-9-2-3-11(7-12(9)19)22-8-10(6-15(22)23)16-20-17(25-21-16)13-4-5-14(18)24-13/h2-5,7,10H,6,8H2,1H3. The van der Waals surface area contributed by atoms with Crippen molar-refractivity contribution >= 4 is 27.5 Å². The number of carbonyl (C=O) groups excluding carboxylic acids is 1. The van der Waals surface area contributed by atoms with Crippen molar-refractivity contribution in [1.82, 2.24) is 10.1 Å². The Labute approximate surface area is 150 Å². The van der Waals surface area contributed by atoms with Gasteiger partial charge in [0.15, 0.2) is 16.3 Å². The van der Waals surface area contributed by atoms with Gasteiger partial charge in [0.1, 0.15) is 5.82 Å². The van der Waals surface area contributed by atoms with E-state index < -0.39 is 0 Å². The number of anilines is 1. The highest BCUT2D eigenvalue weighted by Crippen LogP contribution is 2.32. The number of hydrogen-bond acceptors (Lipinski definition) is 5. The van der Waals surface area contributed by atoms with Crippen molar-refractivity contribution < 1.29 is 18.1 Å². The third-order valence-corrected chi connectivity index (χ3v) is 4.61. The molecule has 0 spiro atoms. The summed E-state index contributed by atoms with van der Waals surface area (Å²) < 4.78 is 24.9. The fourth-order valence-corrected chi connectivity index (χ4v) is 3.12. The van der Waals surface area contributed by atoms with Crippen molar-refractivity contribution in [2.75, 3.05) is 11.4 Å². The second kappa shape index (κ2) is 6.11. The number of rotatable bonds is 3. The van der Waals surface area contributed by atoms with Crippen LogP contribution in [0.3, 0.4) is 0 Å². The largest absolute Gasteiger partial charge is 0.444 e. The van der Waals surface area contributed by atoms with Gasteiger partial charge in [0.2, 0.25) is 5.91 Å². The maximum atomic E-state index is 13.8. The van der Waals surface area contributed by atoms with E-state index in [4.69, 9.17) is 8.94 Å². The van der Waals surface area contributed by atoms with E-state index in [1.54, 1.807) is 36.1 Å². The van der Waals surface area contributed by atoms with Crippen molar-refractivity contribution in [3.63, 3.8) is 0 Å². The molecule has 3 heterocycles. The first-order valence-electron chi connectivity index (χ1n) is 7.67. The first kappa shape index (κ1) is 16.0. The van der Waals surface area contributed by atoms with Crippen LogP contribution in [0.5, 0.6) is 0 Å². The van der Waals surface area contributed by atoms with Crippen LogP contribution in [0.1, 0.15) is 23.7 Å². The number of benzene rings is 1. The van der Waals surface area contributed by atoms with Gasteiger partial charge in [-0.15, -0.1) is 0 Å². The zero-order valence-electron chi connectivity index (χ0n) is 13.2. The molecule has 2 aromatic heterocycles. The summed E-state index contributed by atoms with van der Waals surface area (Å²) in [6, 6.07) is 8.21. The van der Waals surface area contributed by atoms with Crippen LogP contribution in [-0.2, 0) is 4.79 Å². The molecule has 128 valence electrons. The van der Waals surface area contributed by atoms with Crippen molar-refractivity contribution in [3.8, 4) is 11.7 Å². The Bertz CT molecular complexity index is 952. The van der Waals surface area contributed by atoms with Crippen LogP contribution >= 0.6 is 15.9 Å². The number of aryl methyl sites for hydroxylation is 1. The first-order valence-corrected chi connectivity index (χ1v) is 8.46. The molecule has 1 aliphatic rings. The molecule has 0 N–H and O–H groups in total. The summed E-state index contributed by atoms with van der Waals surface area (Å²) in [5, 5.41) is 3.96. The number of furan rings is 1. The zero-order chi connectivity index (χ0) is 17.6. The first-order chi connectivity index (χ1) is 12.0. The molecule has 6 nitrogen and oxygen atoms in total. The van der Waals surface area contributed by atoms with Gasteiger partial charge >= 0.3 is 0 Å². The molecular formula is C17H13BrFN3O3. The van der Waals surface area contributed by atoms with Gasteiger partial charge < -0.3 is 13.8 Å². The molecule has 25 heavy (non-hydrogen) atoms. The minimum Gasteiger partial charge on any atom is -0.444 e. The lowest BCUT2D eigenvalue weighted by Gasteiger charge is -2.16.